The molecule has 1 aliphatic heterocycles. The van der Waals surface area contributed by atoms with Crippen molar-refractivity contribution in [3.05, 3.63) is 0 Å². The van der Waals surface area contributed by atoms with Crippen molar-refractivity contribution in [1.29, 1.82) is 0 Å². The number of ether oxygens (including phenoxy) is 1. The molecule has 0 aromatic heterocycles. The molecule has 1 heterocycles. The number of hydrogen-bond donors (Lipinski definition) is 1. The molecule has 0 aliphatic carbocycles. The van der Waals surface area contributed by atoms with Gasteiger partial charge in [-0.2, -0.15) is 13.2 Å². The third-order valence-electron chi connectivity index (χ3n) is 2.78. The van der Waals surface area contributed by atoms with Gasteiger partial charge in [0.15, 0.2) is 0 Å². The molecule has 1 aliphatic rings. The molecular weight excluding hydrogens is 221 g/mol. The van der Waals surface area contributed by atoms with Crippen LogP contribution >= 0.6 is 0 Å². The maximum absolute atomic E-state index is 12.2. The molecule has 16 heavy (non-hydrogen) atoms. The summed E-state index contributed by atoms with van der Waals surface area (Å²) in [5, 5.41) is 2.72. The van der Waals surface area contributed by atoms with Crippen molar-refractivity contribution in [2.24, 2.45) is 0 Å². The molecule has 0 spiro atoms. The van der Waals surface area contributed by atoms with E-state index in [1.807, 2.05) is 0 Å². The van der Waals surface area contributed by atoms with Crippen molar-refractivity contribution in [2.45, 2.75) is 25.1 Å². The first-order chi connectivity index (χ1) is 7.51. The summed E-state index contributed by atoms with van der Waals surface area (Å²) < 4.78 is 41.7. The SMILES string of the molecule is CNC(CCN1CCOCC1)CC(F)(F)F. The van der Waals surface area contributed by atoms with E-state index in [1.165, 1.54) is 0 Å². The lowest BCUT2D eigenvalue weighted by Gasteiger charge is -2.28. The van der Waals surface area contributed by atoms with Crippen molar-refractivity contribution < 1.29 is 17.9 Å². The molecule has 0 saturated carbocycles. The fraction of sp³-hybridized carbons (Fsp3) is 1.00. The molecule has 1 rings (SSSR count). The van der Waals surface area contributed by atoms with Gasteiger partial charge in [0.2, 0.25) is 0 Å². The molecule has 1 unspecified atom stereocenters. The number of nitrogens with one attached hydrogen (secondary N) is 1. The molecule has 1 saturated heterocycles. The Labute approximate surface area is 93.9 Å². The molecule has 6 heteroatoms. The van der Waals surface area contributed by atoms with Crippen molar-refractivity contribution in [3.8, 4) is 0 Å². The second-order valence-corrected chi connectivity index (χ2v) is 4.05. The first-order valence-electron chi connectivity index (χ1n) is 5.55. The predicted molar refractivity (Wildman–Crippen MR) is 55.4 cm³/mol. The smallest absolute Gasteiger partial charge is 0.379 e. The van der Waals surface area contributed by atoms with Gasteiger partial charge in [-0.1, -0.05) is 0 Å². The Morgan fingerprint density at radius 2 is 1.94 bits per heavy atom. The number of rotatable bonds is 5. The van der Waals surface area contributed by atoms with Gasteiger partial charge in [0.25, 0.3) is 0 Å². The average Bonchev–Trinajstić information content (AvgIpc) is 2.24. The predicted octanol–water partition coefficient (Wildman–Crippen LogP) is 1.25. The second kappa shape index (κ2) is 6.42. The second-order valence-electron chi connectivity index (χ2n) is 4.05. The van der Waals surface area contributed by atoms with Crippen LogP contribution in [0.1, 0.15) is 12.8 Å². The number of hydrogen-bond acceptors (Lipinski definition) is 3. The molecule has 0 bridgehead atoms. The van der Waals surface area contributed by atoms with Crippen molar-refractivity contribution in [3.63, 3.8) is 0 Å². The highest BCUT2D eigenvalue weighted by Crippen LogP contribution is 2.22. The Morgan fingerprint density at radius 1 is 1.31 bits per heavy atom. The van der Waals surface area contributed by atoms with Gasteiger partial charge >= 0.3 is 6.18 Å². The van der Waals surface area contributed by atoms with Crippen LogP contribution in [-0.2, 0) is 4.74 Å². The molecule has 1 atom stereocenters. The van der Waals surface area contributed by atoms with Crippen LogP contribution in [0.4, 0.5) is 13.2 Å². The first-order valence-corrected chi connectivity index (χ1v) is 5.55. The summed E-state index contributed by atoms with van der Waals surface area (Å²) in [7, 11) is 1.58. The minimum absolute atomic E-state index is 0.483. The third-order valence-corrected chi connectivity index (χ3v) is 2.78. The van der Waals surface area contributed by atoms with Gasteiger partial charge in [0.05, 0.1) is 19.6 Å². The van der Waals surface area contributed by atoms with Crippen molar-refractivity contribution in [2.75, 3.05) is 39.9 Å². The van der Waals surface area contributed by atoms with E-state index in [4.69, 9.17) is 4.74 Å². The van der Waals surface area contributed by atoms with E-state index in [9.17, 15) is 13.2 Å². The fourth-order valence-electron chi connectivity index (χ4n) is 1.79. The topological polar surface area (TPSA) is 24.5 Å². The monoisotopic (exact) mass is 240 g/mol. The fourth-order valence-corrected chi connectivity index (χ4v) is 1.79. The summed E-state index contributed by atoms with van der Waals surface area (Å²) in [6, 6.07) is -0.483. The third kappa shape index (κ3) is 5.67. The Bertz CT molecular complexity index is 193. The summed E-state index contributed by atoms with van der Waals surface area (Å²) in [5.41, 5.74) is 0. The van der Waals surface area contributed by atoms with E-state index >= 15 is 0 Å². The normalized spacial score (nSPS) is 21.0. The lowest BCUT2D eigenvalue weighted by Crippen LogP contribution is -2.40. The maximum atomic E-state index is 12.2. The van der Waals surface area contributed by atoms with E-state index in [1.54, 1.807) is 7.05 Å². The zero-order valence-electron chi connectivity index (χ0n) is 9.52. The van der Waals surface area contributed by atoms with E-state index in [0.717, 1.165) is 13.1 Å². The molecule has 1 N–H and O–H groups in total. The van der Waals surface area contributed by atoms with Crippen molar-refractivity contribution in [1.82, 2.24) is 10.2 Å². The van der Waals surface area contributed by atoms with Gasteiger partial charge in [-0.25, -0.2) is 0 Å². The Balaban J connectivity index is 2.22. The molecule has 0 aromatic rings. The summed E-state index contributed by atoms with van der Waals surface area (Å²) in [5.74, 6) is 0. The molecule has 3 nitrogen and oxygen atoms in total. The van der Waals surface area contributed by atoms with Crippen LogP contribution in [-0.4, -0.2) is 57.0 Å². The highest BCUT2D eigenvalue weighted by Gasteiger charge is 2.31. The van der Waals surface area contributed by atoms with Crippen molar-refractivity contribution >= 4 is 0 Å². The van der Waals surface area contributed by atoms with E-state index < -0.39 is 18.6 Å². The van der Waals surface area contributed by atoms with Gasteiger partial charge < -0.3 is 10.1 Å². The lowest BCUT2D eigenvalue weighted by atomic mass is 10.1. The highest BCUT2D eigenvalue weighted by molar-refractivity contribution is 4.72. The molecule has 1 fully saturated rings. The van der Waals surface area contributed by atoms with Crippen LogP contribution < -0.4 is 5.32 Å². The quantitative estimate of drug-likeness (QED) is 0.782. The Hall–Kier alpha value is -0.330. The van der Waals surface area contributed by atoms with E-state index in [2.05, 4.69) is 10.2 Å². The minimum atomic E-state index is -4.08. The zero-order valence-corrected chi connectivity index (χ0v) is 9.52. The van der Waals surface area contributed by atoms with Gasteiger partial charge in [0.1, 0.15) is 0 Å². The largest absolute Gasteiger partial charge is 0.390 e. The van der Waals surface area contributed by atoms with Crippen LogP contribution in [0, 0.1) is 0 Å². The van der Waals surface area contributed by atoms with Gasteiger partial charge in [-0.3, -0.25) is 4.90 Å². The summed E-state index contributed by atoms with van der Waals surface area (Å²) in [6.07, 6.45) is -4.32. The molecule has 0 amide bonds. The van der Waals surface area contributed by atoms with Crippen LogP contribution in [0.5, 0.6) is 0 Å². The number of halogens is 3. The molecule has 0 aromatic carbocycles. The maximum Gasteiger partial charge on any atom is 0.390 e. The lowest BCUT2D eigenvalue weighted by molar-refractivity contribution is -0.140. The number of nitrogens with zero attached hydrogens (tertiary/aromatic N) is 1. The molecule has 96 valence electrons. The van der Waals surface area contributed by atoms with Crippen LogP contribution in [0.25, 0.3) is 0 Å². The van der Waals surface area contributed by atoms with Gasteiger partial charge in [0, 0.05) is 19.1 Å². The summed E-state index contributed by atoms with van der Waals surface area (Å²) in [6.45, 7) is 3.71. The van der Waals surface area contributed by atoms with Crippen LogP contribution in [0.2, 0.25) is 0 Å². The van der Waals surface area contributed by atoms with Gasteiger partial charge in [-0.05, 0) is 20.0 Å². The summed E-state index contributed by atoms with van der Waals surface area (Å²) >= 11 is 0. The molecule has 0 radical (unpaired) electrons. The number of morpholine rings is 1. The van der Waals surface area contributed by atoms with Crippen LogP contribution in [0.15, 0.2) is 0 Å². The standard InChI is InChI=1S/C10H19F3N2O/c1-14-9(8-10(11,12)13)2-3-15-4-6-16-7-5-15/h9,14H,2-8H2,1H3. The molecular formula is C10H19F3N2O. The Morgan fingerprint density at radius 3 is 2.44 bits per heavy atom. The average molecular weight is 240 g/mol. The van der Waals surface area contributed by atoms with E-state index in [-0.39, 0.29) is 0 Å². The zero-order chi connectivity index (χ0) is 12.0. The van der Waals surface area contributed by atoms with E-state index in [0.29, 0.717) is 26.2 Å². The van der Waals surface area contributed by atoms with Gasteiger partial charge in [-0.15, -0.1) is 0 Å². The highest BCUT2D eigenvalue weighted by atomic mass is 19.4. The first kappa shape index (κ1) is 13.7. The minimum Gasteiger partial charge on any atom is -0.379 e. The summed E-state index contributed by atoms with van der Waals surface area (Å²) in [4.78, 5) is 2.14. The van der Waals surface area contributed by atoms with Crippen LogP contribution in [0.3, 0.4) is 0 Å². The number of alkyl halides is 3. The Kier molecular flexibility index (Phi) is 5.51.